The summed E-state index contributed by atoms with van der Waals surface area (Å²) in [5.41, 5.74) is 4.64. The standard InChI is InChI=1S/C21H21N3O2/c1-14-7-9-16(10-8-14)19-18-17(22-21(26)23-19)13-24(20(18)25)12-11-15-5-3-2-4-6-15/h2-10,19H,11-13H2,1H3,(H2,22,23,26). The zero-order valence-electron chi connectivity index (χ0n) is 14.7. The van der Waals surface area contributed by atoms with Gasteiger partial charge in [0.25, 0.3) is 5.91 Å². The van der Waals surface area contributed by atoms with E-state index in [-0.39, 0.29) is 11.9 Å². The minimum absolute atomic E-state index is 0.00555. The average Bonchev–Trinajstić information content (AvgIpc) is 2.96. The third-order valence-electron chi connectivity index (χ3n) is 4.94. The van der Waals surface area contributed by atoms with Crippen LogP contribution < -0.4 is 10.6 Å². The SMILES string of the molecule is Cc1ccc(C2NC(=O)NC3=C2C(=O)N(CCc2ccccc2)C3)cc1. The molecule has 1 atom stereocenters. The third-order valence-corrected chi connectivity index (χ3v) is 4.94. The summed E-state index contributed by atoms with van der Waals surface area (Å²) in [5.74, 6) is -0.00555. The van der Waals surface area contributed by atoms with Gasteiger partial charge in [-0.3, -0.25) is 4.79 Å². The lowest BCUT2D eigenvalue weighted by Crippen LogP contribution is -2.44. The first kappa shape index (κ1) is 16.4. The topological polar surface area (TPSA) is 61.4 Å². The van der Waals surface area contributed by atoms with Gasteiger partial charge in [-0.15, -0.1) is 0 Å². The highest BCUT2D eigenvalue weighted by Gasteiger charge is 2.40. The van der Waals surface area contributed by atoms with Crippen LogP contribution in [0.25, 0.3) is 0 Å². The van der Waals surface area contributed by atoms with Crippen LogP contribution in [0.1, 0.15) is 22.7 Å². The molecule has 0 radical (unpaired) electrons. The molecule has 3 amide bonds. The van der Waals surface area contributed by atoms with E-state index in [1.807, 2.05) is 54.3 Å². The van der Waals surface area contributed by atoms with E-state index in [9.17, 15) is 9.59 Å². The molecule has 1 unspecified atom stereocenters. The van der Waals surface area contributed by atoms with Crippen LogP contribution in [-0.2, 0) is 11.2 Å². The zero-order valence-corrected chi connectivity index (χ0v) is 14.7. The Labute approximate surface area is 152 Å². The number of carbonyl (C=O) groups is 2. The highest BCUT2D eigenvalue weighted by atomic mass is 16.2. The van der Waals surface area contributed by atoms with E-state index in [4.69, 9.17) is 0 Å². The van der Waals surface area contributed by atoms with E-state index in [1.165, 1.54) is 5.56 Å². The molecule has 2 aromatic rings. The molecule has 5 nitrogen and oxygen atoms in total. The van der Waals surface area contributed by atoms with Crippen molar-refractivity contribution < 1.29 is 9.59 Å². The Balaban J connectivity index is 1.55. The Kier molecular flexibility index (Phi) is 4.21. The van der Waals surface area contributed by atoms with Crippen LogP contribution in [0.2, 0.25) is 0 Å². The Morgan fingerprint density at radius 3 is 2.50 bits per heavy atom. The normalized spacial score (nSPS) is 19.3. The zero-order chi connectivity index (χ0) is 18.1. The van der Waals surface area contributed by atoms with Gasteiger partial charge in [0.2, 0.25) is 0 Å². The molecule has 0 aliphatic carbocycles. The Hall–Kier alpha value is -3.08. The molecule has 2 aliphatic heterocycles. The highest BCUT2D eigenvalue weighted by Crippen LogP contribution is 2.32. The fraction of sp³-hybridized carbons (Fsp3) is 0.238. The average molecular weight is 347 g/mol. The Morgan fingerprint density at radius 1 is 1.04 bits per heavy atom. The van der Waals surface area contributed by atoms with Crippen molar-refractivity contribution in [2.75, 3.05) is 13.1 Å². The number of rotatable bonds is 4. The fourth-order valence-electron chi connectivity index (χ4n) is 3.53. The Bertz CT molecular complexity index is 872. The first-order valence-corrected chi connectivity index (χ1v) is 8.82. The molecule has 0 bridgehead atoms. The molecule has 0 saturated carbocycles. The van der Waals surface area contributed by atoms with Gasteiger partial charge in [-0.25, -0.2) is 4.79 Å². The first-order chi connectivity index (χ1) is 12.6. The summed E-state index contributed by atoms with van der Waals surface area (Å²) >= 11 is 0. The van der Waals surface area contributed by atoms with Gasteiger partial charge in [-0.1, -0.05) is 60.2 Å². The van der Waals surface area contributed by atoms with E-state index < -0.39 is 6.04 Å². The maximum atomic E-state index is 13.0. The summed E-state index contributed by atoms with van der Waals surface area (Å²) in [6.45, 7) is 3.10. The highest BCUT2D eigenvalue weighted by molar-refractivity contribution is 6.01. The van der Waals surface area contributed by atoms with Crippen LogP contribution in [0.3, 0.4) is 0 Å². The molecule has 26 heavy (non-hydrogen) atoms. The third kappa shape index (κ3) is 3.08. The lowest BCUT2D eigenvalue weighted by atomic mass is 9.95. The van der Waals surface area contributed by atoms with Crippen LogP contribution >= 0.6 is 0 Å². The van der Waals surface area contributed by atoms with E-state index in [0.29, 0.717) is 18.7 Å². The van der Waals surface area contributed by atoms with Gasteiger partial charge in [0.1, 0.15) is 0 Å². The van der Waals surface area contributed by atoms with E-state index in [0.717, 1.165) is 23.2 Å². The van der Waals surface area contributed by atoms with Gasteiger partial charge < -0.3 is 15.5 Å². The molecule has 0 spiro atoms. The number of urea groups is 1. The van der Waals surface area contributed by atoms with Crippen LogP contribution in [0, 0.1) is 6.92 Å². The second-order valence-electron chi connectivity index (χ2n) is 6.80. The van der Waals surface area contributed by atoms with E-state index in [1.54, 1.807) is 0 Å². The second-order valence-corrected chi connectivity index (χ2v) is 6.80. The van der Waals surface area contributed by atoms with Crippen LogP contribution in [0.4, 0.5) is 4.79 Å². The number of nitrogens with zero attached hydrogens (tertiary/aromatic N) is 1. The molecular formula is C21H21N3O2. The predicted molar refractivity (Wildman–Crippen MR) is 99.3 cm³/mol. The van der Waals surface area contributed by atoms with Gasteiger partial charge in [0.15, 0.2) is 0 Å². The van der Waals surface area contributed by atoms with Crippen molar-refractivity contribution in [1.29, 1.82) is 0 Å². The van der Waals surface area contributed by atoms with Gasteiger partial charge in [-0.2, -0.15) is 0 Å². The summed E-state index contributed by atoms with van der Waals surface area (Å²) in [6.07, 6.45) is 0.795. The monoisotopic (exact) mass is 347 g/mol. The summed E-state index contributed by atoms with van der Waals surface area (Å²) < 4.78 is 0. The predicted octanol–water partition coefficient (Wildman–Crippen LogP) is 2.69. The molecule has 2 heterocycles. The molecule has 132 valence electrons. The molecule has 0 fully saturated rings. The van der Waals surface area contributed by atoms with Crippen molar-refractivity contribution in [2.45, 2.75) is 19.4 Å². The summed E-state index contributed by atoms with van der Waals surface area (Å²) in [4.78, 5) is 26.9. The minimum Gasteiger partial charge on any atom is -0.333 e. The molecule has 0 aromatic heterocycles. The summed E-state index contributed by atoms with van der Waals surface area (Å²) in [7, 11) is 0. The molecule has 0 saturated heterocycles. The van der Waals surface area contributed by atoms with Crippen molar-refractivity contribution in [2.24, 2.45) is 0 Å². The van der Waals surface area contributed by atoms with Gasteiger partial charge >= 0.3 is 6.03 Å². The number of amides is 3. The van der Waals surface area contributed by atoms with Crippen molar-refractivity contribution in [1.82, 2.24) is 15.5 Å². The largest absolute Gasteiger partial charge is 0.333 e. The lowest BCUT2D eigenvalue weighted by molar-refractivity contribution is -0.125. The summed E-state index contributed by atoms with van der Waals surface area (Å²) in [6, 6.07) is 17.4. The maximum Gasteiger partial charge on any atom is 0.319 e. The number of aryl methyl sites for hydroxylation is 1. The number of hydrogen-bond acceptors (Lipinski definition) is 2. The van der Waals surface area contributed by atoms with E-state index >= 15 is 0 Å². The van der Waals surface area contributed by atoms with Gasteiger partial charge in [-0.05, 0) is 24.5 Å². The lowest BCUT2D eigenvalue weighted by Gasteiger charge is -2.25. The quantitative estimate of drug-likeness (QED) is 0.893. The minimum atomic E-state index is -0.395. The van der Waals surface area contributed by atoms with Crippen molar-refractivity contribution >= 4 is 11.9 Å². The molecule has 2 N–H and O–H groups in total. The van der Waals surface area contributed by atoms with E-state index in [2.05, 4.69) is 22.8 Å². The molecular weight excluding hydrogens is 326 g/mol. The van der Waals surface area contributed by atoms with Crippen molar-refractivity contribution in [3.63, 3.8) is 0 Å². The van der Waals surface area contributed by atoms with Gasteiger partial charge in [0.05, 0.1) is 23.9 Å². The molecule has 2 aliphatic rings. The number of hydrogen-bond donors (Lipinski definition) is 2. The molecule has 2 aromatic carbocycles. The smallest absolute Gasteiger partial charge is 0.319 e. The van der Waals surface area contributed by atoms with Crippen LogP contribution in [0.5, 0.6) is 0 Å². The molecule has 5 heteroatoms. The van der Waals surface area contributed by atoms with Crippen molar-refractivity contribution in [3.8, 4) is 0 Å². The summed E-state index contributed by atoms with van der Waals surface area (Å²) in [5, 5.41) is 5.71. The second kappa shape index (κ2) is 6.67. The number of carbonyl (C=O) groups excluding carboxylic acids is 2. The first-order valence-electron chi connectivity index (χ1n) is 8.82. The Morgan fingerprint density at radius 2 is 1.77 bits per heavy atom. The number of benzene rings is 2. The van der Waals surface area contributed by atoms with Gasteiger partial charge in [0, 0.05) is 6.54 Å². The van der Waals surface area contributed by atoms with Crippen molar-refractivity contribution in [3.05, 3.63) is 82.6 Å². The van der Waals surface area contributed by atoms with Crippen LogP contribution in [-0.4, -0.2) is 29.9 Å². The molecule has 4 rings (SSSR count). The fourth-order valence-corrected chi connectivity index (χ4v) is 3.53. The number of nitrogens with one attached hydrogen (secondary N) is 2. The maximum absolute atomic E-state index is 13.0. The van der Waals surface area contributed by atoms with Crippen LogP contribution in [0.15, 0.2) is 65.9 Å².